The molecule has 0 radical (unpaired) electrons. The summed E-state index contributed by atoms with van der Waals surface area (Å²) >= 11 is 0. The van der Waals surface area contributed by atoms with E-state index in [9.17, 15) is 4.79 Å². The summed E-state index contributed by atoms with van der Waals surface area (Å²) in [6.07, 6.45) is 0.320. The molecule has 0 aliphatic heterocycles. The summed E-state index contributed by atoms with van der Waals surface area (Å²) in [6.45, 7) is 4.06. The maximum Gasteiger partial charge on any atom is 0.141 e. The van der Waals surface area contributed by atoms with Crippen LogP contribution in [0.2, 0.25) is 0 Å². The maximum atomic E-state index is 11.2. The first-order valence-electron chi connectivity index (χ1n) is 5.71. The van der Waals surface area contributed by atoms with Gasteiger partial charge in [-0.3, -0.25) is 4.79 Å². The second-order valence-electron chi connectivity index (χ2n) is 3.94. The molecule has 0 aliphatic carbocycles. The zero-order valence-corrected chi connectivity index (χ0v) is 10.1. The summed E-state index contributed by atoms with van der Waals surface area (Å²) in [4.78, 5) is 15.7. The number of fused-ring (bicyclic) bond motifs is 1. The van der Waals surface area contributed by atoms with E-state index in [1.165, 1.54) is 0 Å². The molecule has 0 atom stereocenters. The first-order valence-corrected chi connectivity index (χ1v) is 5.71. The fourth-order valence-corrected chi connectivity index (χ4v) is 1.78. The SMILES string of the molecule is CCOc1cc2ccccc2nc1CC(C)=O. The van der Waals surface area contributed by atoms with E-state index >= 15 is 0 Å². The Labute approximate surface area is 100 Å². The normalized spacial score (nSPS) is 10.5. The highest BCUT2D eigenvalue weighted by molar-refractivity contribution is 5.83. The lowest BCUT2D eigenvalue weighted by Crippen LogP contribution is -2.04. The Morgan fingerprint density at radius 2 is 2.12 bits per heavy atom. The third kappa shape index (κ3) is 2.61. The lowest BCUT2D eigenvalue weighted by molar-refractivity contribution is -0.116. The molecule has 17 heavy (non-hydrogen) atoms. The Kier molecular flexibility index (Phi) is 3.38. The van der Waals surface area contributed by atoms with E-state index in [0.717, 1.165) is 16.6 Å². The van der Waals surface area contributed by atoms with Crippen molar-refractivity contribution in [1.29, 1.82) is 0 Å². The number of Topliss-reactive ketones (excluding diaryl/α,β-unsaturated/α-hetero) is 1. The number of aromatic nitrogens is 1. The molecule has 2 rings (SSSR count). The van der Waals surface area contributed by atoms with Gasteiger partial charge in [0.25, 0.3) is 0 Å². The first-order chi connectivity index (χ1) is 8.20. The van der Waals surface area contributed by atoms with Crippen molar-refractivity contribution in [3.63, 3.8) is 0 Å². The molecular formula is C14H15NO2. The van der Waals surface area contributed by atoms with Gasteiger partial charge in [0.15, 0.2) is 0 Å². The summed E-state index contributed by atoms with van der Waals surface area (Å²) in [5.41, 5.74) is 1.62. The Morgan fingerprint density at radius 1 is 1.35 bits per heavy atom. The maximum absolute atomic E-state index is 11.2. The van der Waals surface area contributed by atoms with E-state index in [2.05, 4.69) is 4.98 Å². The fourth-order valence-electron chi connectivity index (χ4n) is 1.78. The smallest absolute Gasteiger partial charge is 0.141 e. The molecule has 1 heterocycles. The summed E-state index contributed by atoms with van der Waals surface area (Å²) in [5, 5.41) is 1.03. The highest BCUT2D eigenvalue weighted by atomic mass is 16.5. The summed E-state index contributed by atoms with van der Waals surface area (Å²) in [5.74, 6) is 0.801. The molecule has 2 aromatic rings. The van der Waals surface area contributed by atoms with Crippen LogP contribution in [0.25, 0.3) is 10.9 Å². The Balaban J connectivity index is 2.53. The van der Waals surface area contributed by atoms with E-state index in [-0.39, 0.29) is 5.78 Å². The Bertz CT molecular complexity index is 549. The molecule has 0 fully saturated rings. The van der Waals surface area contributed by atoms with Gasteiger partial charge in [0.05, 0.1) is 24.2 Å². The van der Waals surface area contributed by atoms with Crippen molar-refractivity contribution in [2.24, 2.45) is 0 Å². The molecule has 0 unspecified atom stereocenters. The lowest BCUT2D eigenvalue weighted by Gasteiger charge is -2.09. The van der Waals surface area contributed by atoms with E-state index < -0.39 is 0 Å². The van der Waals surface area contributed by atoms with Crippen LogP contribution >= 0.6 is 0 Å². The summed E-state index contributed by atoms with van der Waals surface area (Å²) < 4.78 is 5.53. The van der Waals surface area contributed by atoms with Crippen molar-refractivity contribution in [2.75, 3.05) is 6.61 Å². The minimum absolute atomic E-state index is 0.0914. The lowest BCUT2D eigenvalue weighted by atomic mass is 10.1. The molecule has 3 heteroatoms. The van der Waals surface area contributed by atoms with Crippen molar-refractivity contribution >= 4 is 16.7 Å². The van der Waals surface area contributed by atoms with Crippen molar-refractivity contribution in [1.82, 2.24) is 4.98 Å². The largest absolute Gasteiger partial charge is 0.492 e. The molecule has 0 spiro atoms. The van der Waals surface area contributed by atoms with Crippen molar-refractivity contribution < 1.29 is 9.53 Å². The van der Waals surface area contributed by atoms with Crippen molar-refractivity contribution in [2.45, 2.75) is 20.3 Å². The second-order valence-corrected chi connectivity index (χ2v) is 3.94. The van der Waals surface area contributed by atoms with E-state index in [1.807, 2.05) is 37.3 Å². The van der Waals surface area contributed by atoms with E-state index in [0.29, 0.717) is 18.8 Å². The Morgan fingerprint density at radius 3 is 2.82 bits per heavy atom. The van der Waals surface area contributed by atoms with Gasteiger partial charge in [-0.15, -0.1) is 0 Å². The predicted molar refractivity (Wildman–Crippen MR) is 67.3 cm³/mol. The molecule has 0 bridgehead atoms. The molecule has 1 aromatic carbocycles. The molecule has 0 N–H and O–H groups in total. The summed E-state index contributed by atoms with van der Waals surface area (Å²) in [7, 11) is 0. The quantitative estimate of drug-likeness (QED) is 0.809. The number of benzene rings is 1. The van der Waals surface area contributed by atoms with Crippen LogP contribution in [0.3, 0.4) is 0 Å². The van der Waals surface area contributed by atoms with Crippen LogP contribution < -0.4 is 4.74 Å². The molecular weight excluding hydrogens is 214 g/mol. The highest BCUT2D eigenvalue weighted by Gasteiger charge is 2.09. The van der Waals surface area contributed by atoms with Crippen LogP contribution in [0, 0.1) is 0 Å². The minimum atomic E-state index is 0.0914. The number of carbonyl (C=O) groups is 1. The third-order valence-corrected chi connectivity index (χ3v) is 2.48. The topological polar surface area (TPSA) is 39.2 Å². The van der Waals surface area contributed by atoms with Crippen molar-refractivity contribution in [3.05, 3.63) is 36.0 Å². The second kappa shape index (κ2) is 4.95. The average Bonchev–Trinajstić information content (AvgIpc) is 2.29. The molecule has 0 aliphatic rings. The number of carbonyl (C=O) groups excluding carboxylic acids is 1. The standard InChI is InChI=1S/C14H15NO2/c1-3-17-14-9-11-6-4-5-7-12(11)15-13(14)8-10(2)16/h4-7,9H,3,8H2,1-2H3. The number of hydrogen-bond donors (Lipinski definition) is 0. The monoisotopic (exact) mass is 229 g/mol. The van der Waals surface area contributed by atoms with Crippen LogP contribution in [0.15, 0.2) is 30.3 Å². The van der Waals surface area contributed by atoms with Crippen LogP contribution in [0.4, 0.5) is 0 Å². The molecule has 0 amide bonds. The number of pyridine rings is 1. The van der Waals surface area contributed by atoms with Crippen LogP contribution in [0.1, 0.15) is 19.5 Å². The van der Waals surface area contributed by atoms with Gasteiger partial charge >= 0.3 is 0 Å². The highest BCUT2D eigenvalue weighted by Crippen LogP contribution is 2.23. The zero-order valence-electron chi connectivity index (χ0n) is 10.1. The minimum Gasteiger partial charge on any atom is -0.492 e. The van der Waals surface area contributed by atoms with Gasteiger partial charge in [-0.05, 0) is 26.0 Å². The van der Waals surface area contributed by atoms with Gasteiger partial charge in [0, 0.05) is 5.39 Å². The van der Waals surface area contributed by atoms with E-state index in [1.54, 1.807) is 6.92 Å². The van der Waals surface area contributed by atoms with Crippen LogP contribution in [-0.2, 0) is 11.2 Å². The number of nitrogens with zero attached hydrogens (tertiary/aromatic N) is 1. The number of hydrogen-bond acceptors (Lipinski definition) is 3. The van der Waals surface area contributed by atoms with Gasteiger partial charge in [0.2, 0.25) is 0 Å². The number of para-hydroxylation sites is 1. The van der Waals surface area contributed by atoms with Gasteiger partial charge in [-0.1, -0.05) is 18.2 Å². The van der Waals surface area contributed by atoms with Crippen molar-refractivity contribution in [3.8, 4) is 5.75 Å². The predicted octanol–water partition coefficient (Wildman–Crippen LogP) is 2.77. The van der Waals surface area contributed by atoms with Crippen LogP contribution in [-0.4, -0.2) is 17.4 Å². The van der Waals surface area contributed by atoms with Gasteiger partial charge < -0.3 is 4.74 Å². The van der Waals surface area contributed by atoms with Crippen LogP contribution in [0.5, 0.6) is 5.75 Å². The van der Waals surface area contributed by atoms with E-state index in [4.69, 9.17) is 4.74 Å². The van der Waals surface area contributed by atoms with Gasteiger partial charge in [-0.25, -0.2) is 4.98 Å². The first kappa shape index (κ1) is 11.6. The molecule has 88 valence electrons. The zero-order chi connectivity index (χ0) is 12.3. The van der Waals surface area contributed by atoms with Gasteiger partial charge in [-0.2, -0.15) is 0 Å². The number of ether oxygens (including phenoxy) is 1. The fraction of sp³-hybridized carbons (Fsp3) is 0.286. The molecule has 3 nitrogen and oxygen atoms in total. The number of ketones is 1. The average molecular weight is 229 g/mol. The number of rotatable bonds is 4. The Hall–Kier alpha value is -1.90. The molecule has 1 aromatic heterocycles. The third-order valence-electron chi connectivity index (χ3n) is 2.48. The molecule has 0 saturated carbocycles. The summed E-state index contributed by atoms with van der Waals surface area (Å²) in [6, 6.07) is 9.78. The van der Waals surface area contributed by atoms with Gasteiger partial charge in [0.1, 0.15) is 11.5 Å². The molecule has 0 saturated heterocycles.